The van der Waals surface area contributed by atoms with Gasteiger partial charge in [-0.2, -0.15) is 28.6 Å². The van der Waals surface area contributed by atoms with Crippen LogP contribution in [0.2, 0.25) is 0 Å². The zero-order valence-electron chi connectivity index (χ0n) is 48.1. The van der Waals surface area contributed by atoms with Crippen molar-refractivity contribution in [2.75, 3.05) is 55.3 Å². The fourth-order valence-corrected chi connectivity index (χ4v) is 19.1. The Balaban J connectivity index is 0.000000212. The van der Waals surface area contributed by atoms with Crippen molar-refractivity contribution in [2.45, 2.75) is 98.2 Å². The van der Waals surface area contributed by atoms with Gasteiger partial charge in [0, 0.05) is 0 Å². The van der Waals surface area contributed by atoms with E-state index in [9.17, 15) is 124 Å². The molecule has 5 fully saturated rings. The summed E-state index contributed by atoms with van der Waals surface area (Å²) in [4.78, 5) is 113. The van der Waals surface area contributed by atoms with Crippen LogP contribution in [0.1, 0.15) is 24.9 Å². The van der Waals surface area contributed by atoms with Crippen molar-refractivity contribution >= 4 is 98.3 Å². The van der Waals surface area contributed by atoms with Gasteiger partial charge in [-0.25, -0.2) is 63.6 Å². The third kappa shape index (κ3) is 21.8. The van der Waals surface area contributed by atoms with Gasteiger partial charge in [-0.05, 0) is 22.5 Å². The number of anilines is 4. The predicted molar refractivity (Wildman–Crippen MR) is 308 cm³/mol. The second kappa shape index (κ2) is 32.3. The smallest absolute Gasteiger partial charge is 0.394 e. The molecule has 5 aliphatic heterocycles. The molecule has 4 aromatic rings. The van der Waals surface area contributed by atoms with E-state index >= 15 is 0 Å². The summed E-state index contributed by atoms with van der Waals surface area (Å²) in [6, 6.07) is 0. The van der Waals surface area contributed by atoms with Crippen LogP contribution in [0.3, 0.4) is 0 Å². The molecule has 5 saturated heterocycles. The van der Waals surface area contributed by atoms with E-state index in [4.69, 9.17) is 88.7 Å². The number of aliphatic hydroxyl groups excluding tert-OH is 9. The Bertz CT molecular complexity index is 4200. The fourth-order valence-electron chi connectivity index (χ4n) is 8.45. The van der Waals surface area contributed by atoms with Crippen LogP contribution in [0.25, 0.3) is 0 Å². The van der Waals surface area contributed by atoms with Gasteiger partial charge in [0.25, 0.3) is 0 Å². The predicted octanol–water partition coefficient (Wildman–Crippen LogP) is -5.23. The lowest BCUT2D eigenvalue weighted by molar-refractivity contribution is -0.0553. The summed E-state index contributed by atoms with van der Waals surface area (Å²) in [7, 11) is -31.5. The van der Waals surface area contributed by atoms with Crippen LogP contribution < -0.4 is 45.7 Å². The highest BCUT2D eigenvalue weighted by atomic mass is 35.9. The standard InChI is InChI=1S/C10H15FN3O12P3.C9H11Cl2FN3O6P.C9H15FN3O14P3.C9H12FN3O5/c11-4-1-14(10(17)13-8(4)12)9-7(16)6(15)5(24-9)2-23-28(20)3-27(18,19)25-29(21,22)26-28;10-22(11,19)20-2-4-5(16)6(17)8(21-4)15-1-3(12)7(13)14-9(15)18;10-3-1-13(9(16)12-7(3)11)8-6(15)5(14)4(25-8)2-24-29(20,21)27-30(22,23)26-28(17,18)19;10-3-1-13(9(17)12-7(3)11)8-6(16)5(15)4(2-14)18-8/h1,5-7,9,15-16H,2-3H2,(H,18,19)(H,21,22)(H2,12,13,17);1,4-6,8,16-17H,2H2,(H2,13,14,18);1,4-6,8,14-15H,2H2,(H,20,21)(H,22,23)(H2,11,12,16)(H2,17,18,19);1,4-6,8,14-16H,2H2,(H2,11,12,17)/t5-,6?,7+,9-,28?;3*4-,5?,6+,8-/m1111/s1. The Morgan fingerprint density at radius 3 is 1.09 bits per heavy atom. The Kier molecular flexibility index (Phi) is 27.3. The molecule has 0 amide bonds. The van der Waals surface area contributed by atoms with Gasteiger partial charge in [0.1, 0.15) is 73.2 Å². The van der Waals surface area contributed by atoms with Gasteiger partial charge in [-0.1, -0.05) is 0 Å². The third-order valence-corrected chi connectivity index (χ3v) is 24.7. The van der Waals surface area contributed by atoms with Crippen LogP contribution in [0.5, 0.6) is 0 Å². The highest BCUT2D eigenvalue weighted by Crippen LogP contribution is 2.78. The molecule has 23 N–H and O–H groups in total. The molecule has 4 aromatic heterocycles. The number of aliphatic hydroxyl groups is 9. The molecule has 560 valence electrons. The second-order valence-electron chi connectivity index (χ2n) is 19.9. The van der Waals surface area contributed by atoms with E-state index in [1.807, 2.05) is 0 Å². The first-order valence-electron chi connectivity index (χ1n) is 25.9. The van der Waals surface area contributed by atoms with E-state index in [-0.39, 0.29) is 0 Å². The molecule has 0 radical (unpaired) electrons. The van der Waals surface area contributed by atoms with E-state index in [2.05, 4.69) is 46.2 Å². The number of phosphoric ester groups is 1. The molecule has 9 unspecified atom stereocenters. The van der Waals surface area contributed by atoms with Crippen molar-refractivity contribution in [2.24, 2.45) is 0 Å². The summed E-state index contributed by atoms with van der Waals surface area (Å²) in [5.41, 5.74) is 16.3. The molecule has 9 heterocycles. The molecule has 49 nitrogen and oxygen atoms in total. The Morgan fingerprint density at radius 2 is 0.798 bits per heavy atom. The van der Waals surface area contributed by atoms with Crippen LogP contribution in [-0.2, 0) is 81.7 Å². The third-order valence-electron chi connectivity index (χ3n) is 12.8. The SMILES string of the molecule is Nc1nc(=O)n([C@@H]2O[C@H](CO)C(O)[C@@H]2O)cc1F.Nc1nc(=O)n([C@@H]2O[C@H](COP(=O)(Cl)Cl)C(O)[C@@H]2O)cc1F.Nc1nc(=O)n([C@@H]2O[C@H](COP(=O)(O)OP(=O)(O)OP(=O)(O)O)C(O)[C@@H]2O)cc1F.Nc1nc(=O)n([C@@H]2O[C@H](COP3(=O)CP(=O)(O)OP(=O)(O)O3)C(O)[C@@H]2O)cc1F. The molecular weight excluding hydrogens is 1570 g/mol. The molecule has 0 aromatic carbocycles. The van der Waals surface area contributed by atoms with Gasteiger partial charge in [0.15, 0.2) is 77.4 Å². The maximum absolute atomic E-state index is 13.6. The molecule has 99 heavy (non-hydrogen) atoms. The number of ether oxygens (including phenoxy) is 4. The maximum Gasteiger partial charge on any atom is 0.490 e. The van der Waals surface area contributed by atoms with Crippen LogP contribution >= 0.6 is 75.0 Å². The highest BCUT2D eigenvalue weighted by Gasteiger charge is 2.54. The number of hydrogen-bond donors (Lipinski definition) is 19. The second-order valence-corrected chi connectivity index (χ2v) is 34.8. The summed E-state index contributed by atoms with van der Waals surface area (Å²) < 4.78 is 185. The number of phosphoric acid groups is 4. The Hall–Kier alpha value is -4.41. The quantitative estimate of drug-likeness (QED) is 0.0327. The molecule has 5 aliphatic rings. The lowest BCUT2D eigenvalue weighted by Gasteiger charge is -2.28. The minimum atomic E-state index is -5.76. The zero-order valence-corrected chi connectivity index (χ0v) is 55.8. The van der Waals surface area contributed by atoms with Gasteiger partial charge in [0.2, 0.25) is 0 Å². The summed E-state index contributed by atoms with van der Waals surface area (Å²) in [5, 5.41) is 87.8. The Morgan fingerprint density at radius 1 is 0.495 bits per heavy atom. The molecule has 0 aliphatic carbocycles. The topological polar surface area (TPSA) is 768 Å². The van der Waals surface area contributed by atoms with E-state index < -0.39 is 252 Å². The van der Waals surface area contributed by atoms with Crippen LogP contribution in [0.4, 0.5) is 40.8 Å². The fraction of sp³-hybridized carbons (Fsp3) is 0.568. The van der Waals surface area contributed by atoms with Gasteiger partial charge < -0.3 is 126 Å². The number of nitrogens with two attached hydrogens (primary N) is 4. The summed E-state index contributed by atoms with van der Waals surface area (Å²) in [6.07, 6.45) is -26.2. The molecule has 0 spiro atoms. The highest BCUT2D eigenvalue weighted by molar-refractivity contribution is 8.05. The average Bonchev–Trinajstić information content (AvgIpc) is 1.78. The summed E-state index contributed by atoms with van der Waals surface area (Å²) in [5.74, 6) is -8.09. The van der Waals surface area contributed by atoms with Crippen LogP contribution in [0, 0.1) is 23.3 Å². The van der Waals surface area contributed by atoms with Crippen molar-refractivity contribution in [1.82, 2.24) is 38.2 Å². The molecule has 62 heteroatoms. The number of aromatic nitrogens is 8. The van der Waals surface area contributed by atoms with Crippen molar-refractivity contribution in [3.63, 3.8) is 0 Å². The first kappa shape index (κ1) is 83.5. The largest absolute Gasteiger partial charge is 0.490 e. The van der Waals surface area contributed by atoms with E-state index in [1.54, 1.807) is 0 Å². The average molecular weight is 1620 g/mol. The van der Waals surface area contributed by atoms with E-state index in [0.29, 0.717) is 36.9 Å². The Labute approximate surface area is 552 Å². The number of hydrogen-bond acceptors (Lipinski definition) is 39. The number of rotatable bonds is 18. The molecule has 0 saturated carbocycles. The molecular formula is C37H53Cl2F4N12O37P7. The molecule has 0 bridgehead atoms. The van der Waals surface area contributed by atoms with Crippen molar-refractivity contribution < 1.29 is 175 Å². The van der Waals surface area contributed by atoms with Crippen molar-refractivity contribution in [3.8, 4) is 0 Å². The van der Waals surface area contributed by atoms with E-state index in [0.717, 1.165) is 6.20 Å². The number of nitrogens with zero attached hydrogens (tertiary/aromatic N) is 8. The van der Waals surface area contributed by atoms with Crippen LogP contribution in [0.15, 0.2) is 44.0 Å². The minimum Gasteiger partial charge on any atom is -0.394 e. The van der Waals surface area contributed by atoms with Gasteiger partial charge in [0.05, 0.1) is 51.2 Å². The first-order valence-corrected chi connectivity index (χ1v) is 38.8. The first-order chi connectivity index (χ1) is 45.3. The van der Waals surface area contributed by atoms with Gasteiger partial charge in [-0.3, -0.25) is 36.5 Å². The van der Waals surface area contributed by atoms with Crippen molar-refractivity contribution in [3.05, 3.63) is 90.0 Å². The lowest BCUT2D eigenvalue weighted by atomic mass is 10.1. The monoisotopic (exact) mass is 1620 g/mol. The normalized spacial score (nSPS) is 33.5. The molecule has 9 rings (SSSR count). The van der Waals surface area contributed by atoms with E-state index in [1.165, 1.54) is 0 Å². The summed E-state index contributed by atoms with van der Waals surface area (Å²) >= 11 is 10.4. The zero-order chi connectivity index (χ0) is 74.9. The van der Waals surface area contributed by atoms with Crippen LogP contribution in [-0.4, -0.2) is 219 Å². The van der Waals surface area contributed by atoms with Gasteiger partial charge in [-0.15, -0.1) is 0 Å². The minimum absolute atomic E-state index is 0.435. The van der Waals surface area contributed by atoms with Crippen molar-refractivity contribution in [1.29, 1.82) is 0 Å². The van der Waals surface area contributed by atoms with Gasteiger partial charge >= 0.3 is 75.3 Å². The summed E-state index contributed by atoms with van der Waals surface area (Å²) in [6.45, 7) is -3.04. The molecule has 21 atom stereocenters. The lowest BCUT2D eigenvalue weighted by Crippen LogP contribution is -2.36. The number of nitrogen functional groups attached to an aromatic ring is 4. The number of halogens is 6. The maximum atomic E-state index is 13.6.